The van der Waals surface area contributed by atoms with Crippen molar-refractivity contribution in [2.45, 2.75) is 136 Å². The van der Waals surface area contributed by atoms with Gasteiger partial charge in [-0.1, -0.05) is 0 Å². The lowest BCUT2D eigenvalue weighted by Gasteiger charge is -2.60. The summed E-state index contributed by atoms with van der Waals surface area (Å²) in [5, 5.41) is 11.8. The van der Waals surface area contributed by atoms with E-state index in [2.05, 4.69) is 6.92 Å². The Bertz CT molecular complexity index is 1260. The minimum atomic E-state index is -1.78. The van der Waals surface area contributed by atoms with Gasteiger partial charge in [-0.2, -0.15) is 0 Å². The lowest BCUT2D eigenvalue weighted by Crippen LogP contribution is -2.63. The number of hydrogen-bond donors (Lipinski definition) is 1. The highest BCUT2D eigenvalue weighted by atomic mass is 16.6. The van der Waals surface area contributed by atoms with Gasteiger partial charge in [0.1, 0.15) is 5.60 Å². The Labute approximate surface area is 279 Å². The summed E-state index contributed by atoms with van der Waals surface area (Å²) in [5.74, 6) is 1.13. The normalized spacial score (nSPS) is 43.0. The topological polar surface area (TPSA) is 125 Å². The van der Waals surface area contributed by atoms with Crippen molar-refractivity contribution in [1.29, 1.82) is 0 Å². The van der Waals surface area contributed by atoms with Crippen LogP contribution < -0.4 is 0 Å². The van der Waals surface area contributed by atoms with Crippen molar-refractivity contribution in [3.8, 4) is 0 Å². The molecule has 1 saturated heterocycles. The van der Waals surface area contributed by atoms with Crippen LogP contribution in [0, 0.1) is 63.6 Å². The third-order valence-electron chi connectivity index (χ3n) is 15.4. The van der Waals surface area contributed by atoms with Crippen LogP contribution in [0.15, 0.2) is 0 Å². The number of rotatable bonds is 10. The molecule has 8 aliphatic carbocycles. The van der Waals surface area contributed by atoms with E-state index in [1.54, 1.807) is 34.6 Å². The number of carbonyl (C=O) groups excluding carboxylic acids is 4. The van der Waals surface area contributed by atoms with Crippen LogP contribution in [0.3, 0.4) is 0 Å². The van der Waals surface area contributed by atoms with E-state index in [0.717, 1.165) is 51.4 Å². The fraction of sp³-hybridized carbons (Fsp3) is 0.895. The van der Waals surface area contributed by atoms with Gasteiger partial charge in [0.25, 0.3) is 0 Å². The van der Waals surface area contributed by atoms with Crippen molar-refractivity contribution < 1.29 is 43.2 Å². The van der Waals surface area contributed by atoms with E-state index in [1.807, 2.05) is 0 Å². The summed E-state index contributed by atoms with van der Waals surface area (Å²) in [6.45, 7) is 10.3. The molecule has 0 spiro atoms. The largest absolute Gasteiger partial charge is 0.465 e. The third-order valence-corrected chi connectivity index (χ3v) is 15.4. The molecule has 1 N–H and O–H groups in total. The van der Waals surface area contributed by atoms with Crippen molar-refractivity contribution in [2.75, 3.05) is 13.2 Å². The average molecular weight is 657 g/mol. The highest BCUT2D eigenvalue weighted by Crippen LogP contribution is 2.62. The fourth-order valence-corrected chi connectivity index (χ4v) is 12.0. The van der Waals surface area contributed by atoms with Gasteiger partial charge < -0.3 is 24.1 Å². The molecule has 47 heavy (non-hydrogen) atoms. The zero-order valence-electron chi connectivity index (χ0n) is 29.3. The first-order chi connectivity index (χ1) is 22.0. The van der Waals surface area contributed by atoms with Crippen molar-refractivity contribution in [3.05, 3.63) is 0 Å². The van der Waals surface area contributed by atoms with Gasteiger partial charge in [-0.25, -0.2) is 4.79 Å². The Balaban J connectivity index is 1.11. The minimum absolute atomic E-state index is 0.0236. The standard InChI is InChI=1S/C38H56O9/c1-34(2,31(40)45-10-8-38(43)27-17-23-12-24(19-27)20-28(38)18-23)37(6,33(42)46-29-7-9-44-30(29)39)35(3,4)32(41)47-36(5)25-13-21-11-22(15-25)16-26(36)14-21/h21-29,43H,7-20H2,1-6H3. The lowest BCUT2D eigenvalue weighted by atomic mass is 9.49. The Morgan fingerprint density at radius 2 is 1.21 bits per heavy atom. The van der Waals surface area contributed by atoms with Crippen LogP contribution in [0.1, 0.15) is 119 Å². The van der Waals surface area contributed by atoms with E-state index in [1.165, 1.54) is 12.8 Å². The SMILES string of the molecule is CC1(OC(=O)C(C)(C)C(C)(C(=O)OC2CCOC2=O)C(C)(C)C(=O)OCCC2(O)C3CC4CC(C3)CC2C4)C2CC3CC(C2)CC1C3. The number of cyclic esters (lactones) is 1. The number of esters is 4. The van der Waals surface area contributed by atoms with E-state index in [4.69, 9.17) is 18.9 Å². The second-order valence-corrected chi connectivity index (χ2v) is 18.3. The molecule has 8 bridgehead atoms. The van der Waals surface area contributed by atoms with Crippen LogP contribution in [-0.4, -0.2) is 59.5 Å². The van der Waals surface area contributed by atoms with Crippen molar-refractivity contribution >= 4 is 23.9 Å². The van der Waals surface area contributed by atoms with E-state index in [9.17, 15) is 24.3 Å². The zero-order valence-corrected chi connectivity index (χ0v) is 29.3. The van der Waals surface area contributed by atoms with Gasteiger partial charge >= 0.3 is 23.9 Å². The first-order valence-electron chi connectivity index (χ1n) is 18.5. The molecule has 9 aliphatic rings. The summed E-state index contributed by atoms with van der Waals surface area (Å²) >= 11 is 0. The zero-order chi connectivity index (χ0) is 33.7. The van der Waals surface area contributed by atoms with Crippen molar-refractivity contribution in [1.82, 2.24) is 0 Å². The first kappa shape index (κ1) is 33.3. The first-order valence-corrected chi connectivity index (χ1v) is 18.5. The highest BCUT2D eigenvalue weighted by Gasteiger charge is 2.67. The van der Waals surface area contributed by atoms with Gasteiger partial charge in [0.15, 0.2) is 0 Å². The Morgan fingerprint density at radius 3 is 1.68 bits per heavy atom. The van der Waals surface area contributed by atoms with Crippen molar-refractivity contribution in [3.63, 3.8) is 0 Å². The van der Waals surface area contributed by atoms with Gasteiger partial charge in [-0.3, -0.25) is 14.4 Å². The highest BCUT2D eigenvalue weighted by molar-refractivity contribution is 5.95. The lowest BCUT2D eigenvalue weighted by molar-refractivity contribution is -0.226. The maximum absolute atomic E-state index is 14.5. The molecule has 0 aromatic carbocycles. The number of aliphatic hydroxyl groups is 1. The van der Waals surface area contributed by atoms with E-state index < -0.39 is 57.4 Å². The monoisotopic (exact) mass is 656 g/mol. The summed E-state index contributed by atoms with van der Waals surface area (Å²) in [7, 11) is 0. The molecule has 262 valence electrons. The molecule has 9 fully saturated rings. The molecule has 9 heteroatoms. The quantitative estimate of drug-likeness (QED) is 0.230. The summed E-state index contributed by atoms with van der Waals surface area (Å²) in [4.78, 5) is 55.3. The van der Waals surface area contributed by atoms with E-state index >= 15 is 0 Å². The number of carbonyl (C=O) groups is 4. The Morgan fingerprint density at radius 1 is 0.745 bits per heavy atom. The fourth-order valence-electron chi connectivity index (χ4n) is 12.0. The molecule has 0 aromatic rings. The predicted molar refractivity (Wildman–Crippen MR) is 170 cm³/mol. The summed E-state index contributed by atoms with van der Waals surface area (Å²) in [6, 6.07) is 0. The predicted octanol–water partition coefficient (Wildman–Crippen LogP) is 5.78. The van der Waals surface area contributed by atoms with Crippen LogP contribution in [0.5, 0.6) is 0 Å². The third kappa shape index (κ3) is 5.00. The molecule has 0 aromatic heterocycles. The van der Waals surface area contributed by atoms with E-state index in [0.29, 0.717) is 30.1 Å². The van der Waals surface area contributed by atoms with Gasteiger partial charge in [0.05, 0.1) is 35.1 Å². The van der Waals surface area contributed by atoms with Gasteiger partial charge in [0, 0.05) is 12.8 Å². The molecule has 9 nitrogen and oxygen atoms in total. The van der Waals surface area contributed by atoms with Crippen LogP contribution in [-0.2, 0) is 38.1 Å². The van der Waals surface area contributed by atoms with Gasteiger partial charge in [-0.15, -0.1) is 0 Å². The molecule has 9 rings (SSSR count). The number of ether oxygens (including phenoxy) is 4. The smallest absolute Gasteiger partial charge is 0.347 e. The van der Waals surface area contributed by atoms with Crippen LogP contribution >= 0.6 is 0 Å². The van der Waals surface area contributed by atoms with Crippen molar-refractivity contribution in [2.24, 2.45) is 63.6 Å². The molecule has 8 saturated carbocycles. The Kier molecular flexibility index (Phi) is 7.93. The molecule has 2 atom stereocenters. The molecule has 1 heterocycles. The second kappa shape index (κ2) is 11.2. The summed E-state index contributed by atoms with van der Waals surface area (Å²) in [5.41, 5.74) is -6.36. The maximum atomic E-state index is 14.5. The molecule has 0 amide bonds. The average Bonchev–Trinajstić information content (AvgIpc) is 3.41. The van der Waals surface area contributed by atoms with Gasteiger partial charge in [-0.05, 0) is 153 Å². The molecular formula is C38H56O9. The van der Waals surface area contributed by atoms with Crippen LogP contribution in [0.4, 0.5) is 0 Å². The number of hydrogen-bond acceptors (Lipinski definition) is 9. The van der Waals surface area contributed by atoms with Gasteiger partial charge in [0.2, 0.25) is 6.10 Å². The molecule has 2 unspecified atom stereocenters. The summed E-state index contributed by atoms with van der Waals surface area (Å²) in [6.07, 6.45) is 10.4. The van der Waals surface area contributed by atoms with E-state index in [-0.39, 0.29) is 43.3 Å². The Hall–Kier alpha value is -2.16. The minimum Gasteiger partial charge on any atom is -0.465 e. The van der Waals surface area contributed by atoms with Crippen LogP contribution in [0.2, 0.25) is 0 Å². The molecule has 1 aliphatic heterocycles. The second-order valence-electron chi connectivity index (χ2n) is 18.3. The maximum Gasteiger partial charge on any atom is 0.347 e. The van der Waals surface area contributed by atoms with Crippen LogP contribution in [0.25, 0.3) is 0 Å². The molecule has 0 radical (unpaired) electrons. The molecular weight excluding hydrogens is 600 g/mol. The summed E-state index contributed by atoms with van der Waals surface area (Å²) < 4.78 is 23.3.